The van der Waals surface area contributed by atoms with Crippen molar-refractivity contribution in [1.82, 2.24) is 0 Å². The highest BCUT2D eigenvalue weighted by Crippen LogP contribution is 2.54. The van der Waals surface area contributed by atoms with E-state index < -0.39 is 0 Å². The van der Waals surface area contributed by atoms with Gasteiger partial charge in [-0.2, -0.15) is 0 Å². The van der Waals surface area contributed by atoms with Crippen LogP contribution < -0.4 is 0 Å². The van der Waals surface area contributed by atoms with Gasteiger partial charge in [-0.1, -0.05) is 24.3 Å². The molecule has 1 saturated heterocycles. The van der Waals surface area contributed by atoms with Crippen molar-refractivity contribution in [3.63, 3.8) is 0 Å². The molecule has 3 heteroatoms. The third kappa shape index (κ3) is 1.80. The molecular formula is C16H18O3. The molecule has 1 aromatic carbocycles. The Morgan fingerprint density at radius 2 is 1.79 bits per heavy atom. The predicted octanol–water partition coefficient (Wildman–Crippen LogP) is 3.02. The SMILES string of the molecule is Oc1ccc(C2OCC3(CO2)C[C@H]2C=C[C@H]3C2)cc1. The number of rotatable bonds is 1. The highest BCUT2D eigenvalue weighted by molar-refractivity contribution is 5.27. The standard InChI is InChI=1S/C16H18O3/c17-14-5-2-12(3-6-14)15-18-9-16(10-19-15)8-11-1-4-13(16)7-11/h1-6,11,13,15,17H,7-10H2/t11-,13-,15?,16?/m0/s1. The normalized spacial score (nSPS) is 40.1. The quantitative estimate of drug-likeness (QED) is 0.787. The van der Waals surface area contributed by atoms with Gasteiger partial charge in [-0.25, -0.2) is 0 Å². The van der Waals surface area contributed by atoms with E-state index in [1.165, 1.54) is 12.8 Å². The summed E-state index contributed by atoms with van der Waals surface area (Å²) in [6.45, 7) is 1.56. The van der Waals surface area contributed by atoms with Crippen LogP contribution in [0.2, 0.25) is 0 Å². The molecule has 1 heterocycles. The third-order valence-electron chi connectivity index (χ3n) is 4.84. The molecule has 1 aromatic rings. The number of benzene rings is 1. The van der Waals surface area contributed by atoms with Gasteiger partial charge in [0.25, 0.3) is 0 Å². The van der Waals surface area contributed by atoms with Crippen LogP contribution in [-0.2, 0) is 9.47 Å². The molecule has 1 saturated carbocycles. The number of phenolic OH excluding ortho intramolecular Hbond substituents is 1. The smallest absolute Gasteiger partial charge is 0.183 e. The highest BCUT2D eigenvalue weighted by atomic mass is 16.7. The molecular weight excluding hydrogens is 240 g/mol. The number of hydrogen-bond donors (Lipinski definition) is 1. The lowest BCUT2D eigenvalue weighted by Crippen LogP contribution is -2.41. The van der Waals surface area contributed by atoms with Gasteiger partial charge in [-0.3, -0.25) is 0 Å². The van der Waals surface area contributed by atoms with Crippen molar-refractivity contribution >= 4 is 0 Å². The van der Waals surface area contributed by atoms with Crippen LogP contribution in [0.25, 0.3) is 0 Å². The first-order chi connectivity index (χ1) is 9.25. The topological polar surface area (TPSA) is 38.7 Å². The summed E-state index contributed by atoms with van der Waals surface area (Å²) in [6, 6.07) is 7.07. The van der Waals surface area contributed by atoms with E-state index in [4.69, 9.17) is 9.47 Å². The van der Waals surface area contributed by atoms with Crippen LogP contribution in [0.3, 0.4) is 0 Å². The van der Waals surface area contributed by atoms with E-state index in [1.54, 1.807) is 12.1 Å². The van der Waals surface area contributed by atoms with Gasteiger partial charge in [0.15, 0.2) is 6.29 Å². The van der Waals surface area contributed by atoms with Crippen molar-refractivity contribution in [2.45, 2.75) is 19.1 Å². The zero-order valence-corrected chi connectivity index (χ0v) is 10.8. The van der Waals surface area contributed by atoms with E-state index in [1.807, 2.05) is 12.1 Å². The predicted molar refractivity (Wildman–Crippen MR) is 70.5 cm³/mol. The molecule has 2 aliphatic carbocycles. The molecule has 1 N–H and O–H groups in total. The number of ether oxygens (including phenoxy) is 2. The van der Waals surface area contributed by atoms with Gasteiger partial charge in [0, 0.05) is 11.0 Å². The van der Waals surface area contributed by atoms with Gasteiger partial charge in [0.1, 0.15) is 5.75 Å². The van der Waals surface area contributed by atoms with Crippen molar-refractivity contribution in [3.05, 3.63) is 42.0 Å². The maximum absolute atomic E-state index is 9.30. The molecule has 1 aliphatic heterocycles. The Balaban J connectivity index is 1.48. The number of phenols is 1. The Kier molecular flexibility index (Phi) is 2.47. The monoisotopic (exact) mass is 258 g/mol. The molecule has 0 radical (unpaired) electrons. The summed E-state index contributed by atoms with van der Waals surface area (Å²) in [4.78, 5) is 0. The second-order valence-electron chi connectivity index (χ2n) is 6.10. The Labute approximate surface area is 112 Å². The minimum Gasteiger partial charge on any atom is -0.508 e. The molecule has 4 rings (SSSR count). The van der Waals surface area contributed by atoms with Crippen LogP contribution in [0.5, 0.6) is 5.75 Å². The summed E-state index contributed by atoms with van der Waals surface area (Å²) in [6.07, 6.45) is 6.89. The van der Waals surface area contributed by atoms with Crippen molar-refractivity contribution in [2.75, 3.05) is 13.2 Å². The van der Waals surface area contributed by atoms with Crippen molar-refractivity contribution < 1.29 is 14.6 Å². The lowest BCUT2D eigenvalue weighted by Gasteiger charge is -2.41. The van der Waals surface area contributed by atoms with Crippen molar-refractivity contribution in [1.29, 1.82) is 0 Å². The average Bonchev–Trinajstić information content (AvgIpc) is 3.02. The molecule has 3 aliphatic rings. The maximum atomic E-state index is 9.30. The fourth-order valence-corrected chi connectivity index (χ4v) is 3.78. The van der Waals surface area contributed by atoms with Gasteiger partial charge >= 0.3 is 0 Å². The average molecular weight is 258 g/mol. The highest BCUT2D eigenvalue weighted by Gasteiger charge is 2.51. The van der Waals surface area contributed by atoms with E-state index in [9.17, 15) is 5.11 Å². The summed E-state index contributed by atoms with van der Waals surface area (Å²) in [5.74, 6) is 1.65. The maximum Gasteiger partial charge on any atom is 0.183 e. The Morgan fingerprint density at radius 1 is 1.05 bits per heavy atom. The molecule has 19 heavy (non-hydrogen) atoms. The molecule has 100 valence electrons. The fourth-order valence-electron chi connectivity index (χ4n) is 3.78. The summed E-state index contributed by atoms with van der Waals surface area (Å²) < 4.78 is 11.9. The van der Waals surface area contributed by atoms with Crippen molar-refractivity contribution in [3.8, 4) is 5.75 Å². The van der Waals surface area contributed by atoms with Gasteiger partial charge in [0.05, 0.1) is 13.2 Å². The Bertz CT molecular complexity index is 497. The van der Waals surface area contributed by atoms with Crippen LogP contribution in [0.1, 0.15) is 24.7 Å². The fraction of sp³-hybridized carbons (Fsp3) is 0.500. The summed E-state index contributed by atoms with van der Waals surface area (Å²) in [5.41, 5.74) is 1.19. The summed E-state index contributed by atoms with van der Waals surface area (Å²) in [7, 11) is 0. The van der Waals surface area contributed by atoms with E-state index in [2.05, 4.69) is 12.2 Å². The minimum atomic E-state index is -0.283. The van der Waals surface area contributed by atoms with E-state index in [0.29, 0.717) is 5.92 Å². The summed E-state index contributed by atoms with van der Waals surface area (Å²) in [5, 5.41) is 9.30. The first kappa shape index (κ1) is 11.5. The Hall–Kier alpha value is -1.32. The molecule has 0 amide bonds. The van der Waals surface area contributed by atoms with Crippen LogP contribution in [0.15, 0.2) is 36.4 Å². The molecule has 0 aromatic heterocycles. The first-order valence-electron chi connectivity index (χ1n) is 6.96. The van der Waals surface area contributed by atoms with E-state index in [-0.39, 0.29) is 17.5 Å². The lowest BCUT2D eigenvalue weighted by atomic mass is 9.76. The largest absolute Gasteiger partial charge is 0.508 e. The molecule has 0 unspecified atom stereocenters. The molecule has 3 nitrogen and oxygen atoms in total. The van der Waals surface area contributed by atoms with Gasteiger partial charge in [-0.05, 0) is 36.8 Å². The number of allylic oxidation sites excluding steroid dienone is 2. The molecule has 2 fully saturated rings. The second-order valence-corrected chi connectivity index (χ2v) is 6.10. The van der Waals surface area contributed by atoms with Crippen molar-refractivity contribution in [2.24, 2.45) is 17.3 Å². The van der Waals surface area contributed by atoms with Crippen LogP contribution >= 0.6 is 0 Å². The van der Waals surface area contributed by atoms with E-state index >= 15 is 0 Å². The zero-order chi connectivity index (χ0) is 12.9. The second kappa shape index (κ2) is 4.09. The minimum absolute atomic E-state index is 0.215. The Morgan fingerprint density at radius 3 is 2.37 bits per heavy atom. The number of aromatic hydroxyl groups is 1. The van der Waals surface area contributed by atoms with Gasteiger partial charge in [0.2, 0.25) is 0 Å². The van der Waals surface area contributed by atoms with Crippen LogP contribution in [-0.4, -0.2) is 18.3 Å². The summed E-state index contributed by atoms with van der Waals surface area (Å²) >= 11 is 0. The number of hydrogen-bond acceptors (Lipinski definition) is 3. The van der Waals surface area contributed by atoms with E-state index in [0.717, 1.165) is 24.7 Å². The van der Waals surface area contributed by atoms with Crippen LogP contribution in [0, 0.1) is 17.3 Å². The molecule has 2 atom stereocenters. The number of fused-ring (bicyclic) bond motifs is 3. The third-order valence-corrected chi connectivity index (χ3v) is 4.84. The first-order valence-corrected chi connectivity index (χ1v) is 6.96. The molecule has 1 spiro atoms. The van der Waals surface area contributed by atoms with Gasteiger partial charge in [-0.15, -0.1) is 0 Å². The van der Waals surface area contributed by atoms with Crippen LogP contribution in [0.4, 0.5) is 0 Å². The zero-order valence-electron chi connectivity index (χ0n) is 10.8. The lowest BCUT2D eigenvalue weighted by molar-refractivity contribution is -0.239. The van der Waals surface area contributed by atoms with Gasteiger partial charge < -0.3 is 14.6 Å². The molecule has 2 bridgehead atoms.